The monoisotopic (exact) mass is 248 g/mol. The lowest BCUT2D eigenvalue weighted by atomic mass is 9.75. The number of rotatable bonds is 6. The van der Waals surface area contributed by atoms with Gasteiger partial charge in [0.15, 0.2) is 0 Å². The van der Waals surface area contributed by atoms with Crippen molar-refractivity contribution in [1.29, 1.82) is 0 Å². The highest BCUT2D eigenvalue weighted by molar-refractivity contribution is 5.32. The van der Waals surface area contributed by atoms with Crippen LogP contribution >= 0.6 is 0 Å². The highest BCUT2D eigenvalue weighted by Gasteiger charge is 2.33. The Bertz CT molecular complexity index is 405. The van der Waals surface area contributed by atoms with Gasteiger partial charge in [-0.1, -0.05) is 19.1 Å². The van der Waals surface area contributed by atoms with E-state index in [-0.39, 0.29) is 10.6 Å². The number of nitrogens with zero attached hydrogens (tertiary/aromatic N) is 1. The molecular formula is C14H20N2O2. The Morgan fingerprint density at radius 3 is 2.44 bits per heavy atom. The van der Waals surface area contributed by atoms with Crippen molar-refractivity contribution in [3.8, 4) is 0 Å². The summed E-state index contributed by atoms with van der Waals surface area (Å²) in [7, 11) is 0. The minimum absolute atomic E-state index is 0.163. The first-order chi connectivity index (χ1) is 8.65. The van der Waals surface area contributed by atoms with E-state index in [4.69, 9.17) is 0 Å². The molecule has 1 N–H and O–H groups in total. The van der Waals surface area contributed by atoms with Crippen LogP contribution in [0.15, 0.2) is 24.3 Å². The number of non-ortho nitro benzene ring substituents is 1. The van der Waals surface area contributed by atoms with E-state index in [9.17, 15) is 10.1 Å². The third-order valence-electron chi connectivity index (χ3n) is 4.05. The molecule has 0 bridgehead atoms. The van der Waals surface area contributed by atoms with Gasteiger partial charge < -0.3 is 5.32 Å². The summed E-state index contributed by atoms with van der Waals surface area (Å²) in [5.41, 5.74) is 1.69. The number of nitro benzene ring substituents is 1. The molecule has 1 aliphatic rings. The fourth-order valence-corrected chi connectivity index (χ4v) is 2.52. The first-order valence-electron chi connectivity index (χ1n) is 6.63. The molecule has 1 aromatic rings. The molecule has 2 rings (SSSR count). The maximum atomic E-state index is 10.5. The van der Waals surface area contributed by atoms with Crippen LogP contribution in [0.2, 0.25) is 0 Å². The van der Waals surface area contributed by atoms with E-state index in [2.05, 4.69) is 12.2 Å². The van der Waals surface area contributed by atoms with Crippen LogP contribution in [0.5, 0.6) is 0 Å². The van der Waals surface area contributed by atoms with Crippen molar-refractivity contribution in [3.63, 3.8) is 0 Å². The summed E-state index contributed by atoms with van der Waals surface area (Å²) in [6, 6.07) is 6.85. The quantitative estimate of drug-likeness (QED) is 0.621. The van der Waals surface area contributed by atoms with Gasteiger partial charge in [-0.25, -0.2) is 0 Å². The van der Waals surface area contributed by atoms with Crippen molar-refractivity contribution in [2.75, 3.05) is 6.54 Å². The molecule has 1 aliphatic carbocycles. The summed E-state index contributed by atoms with van der Waals surface area (Å²) in [5.74, 6) is 0. The molecule has 0 spiro atoms. The zero-order valence-electron chi connectivity index (χ0n) is 10.8. The standard InChI is InChI=1S/C14H20N2O2/c1-2-14(9-3-10-14)15-11-8-12-4-6-13(7-5-12)16(17)18/h4-7,15H,2-3,8-11H2,1H3. The van der Waals surface area contributed by atoms with Crippen molar-refractivity contribution >= 4 is 5.69 Å². The Balaban J connectivity index is 1.81. The van der Waals surface area contributed by atoms with Crippen molar-refractivity contribution in [2.45, 2.75) is 44.6 Å². The molecule has 1 aromatic carbocycles. The molecule has 0 unspecified atom stereocenters. The summed E-state index contributed by atoms with van der Waals surface area (Å²) in [4.78, 5) is 10.2. The molecule has 0 radical (unpaired) electrons. The van der Waals surface area contributed by atoms with Crippen LogP contribution in [0.25, 0.3) is 0 Å². The van der Waals surface area contributed by atoms with E-state index in [1.54, 1.807) is 12.1 Å². The summed E-state index contributed by atoms with van der Waals surface area (Å²) in [6.07, 6.45) is 6.01. The van der Waals surface area contributed by atoms with Crippen LogP contribution in [0.3, 0.4) is 0 Å². The third kappa shape index (κ3) is 2.88. The van der Waals surface area contributed by atoms with Crippen molar-refractivity contribution in [3.05, 3.63) is 39.9 Å². The number of nitrogens with one attached hydrogen (secondary N) is 1. The maximum Gasteiger partial charge on any atom is 0.269 e. The molecule has 4 heteroatoms. The molecule has 1 fully saturated rings. The third-order valence-corrected chi connectivity index (χ3v) is 4.05. The Kier molecular flexibility index (Phi) is 3.97. The Morgan fingerprint density at radius 2 is 2.00 bits per heavy atom. The SMILES string of the molecule is CCC1(NCCc2ccc([N+](=O)[O-])cc2)CCC1. The first-order valence-corrected chi connectivity index (χ1v) is 6.63. The van der Waals surface area contributed by atoms with Gasteiger partial charge in [0.05, 0.1) is 4.92 Å². The highest BCUT2D eigenvalue weighted by atomic mass is 16.6. The Morgan fingerprint density at radius 1 is 1.33 bits per heavy atom. The van der Waals surface area contributed by atoms with Crippen LogP contribution in [-0.2, 0) is 6.42 Å². The zero-order chi connectivity index (χ0) is 13.0. The molecular weight excluding hydrogens is 228 g/mol. The van der Waals surface area contributed by atoms with Crippen molar-refractivity contribution < 1.29 is 4.92 Å². The second-order valence-electron chi connectivity index (χ2n) is 5.09. The van der Waals surface area contributed by atoms with Gasteiger partial charge in [-0.3, -0.25) is 10.1 Å². The first kappa shape index (κ1) is 13.0. The predicted octanol–water partition coefficient (Wildman–Crippen LogP) is 3.06. The number of hydrogen-bond donors (Lipinski definition) is 1. The lowest BCUT2D eigenvalue weighted by molar-refractivity contribution is -0.384. The van der Waals surface area contributed by atoms with Gasteiger partial charge in [-0.05, 0) is 44.2 Å². The zero-order valence-corrected chi connectivity index (χ0v) is 10.8. The number of nitro groups is 1. The van der Waals surface area contributed by atoms with Crippen LogP contribution in [-0.4, -0.2) is 17.0 Å². The molecule has 1 saturated carbocycles. The van der Waals surface area contributed by atoms with E-state index in [0.29, 0.717) is 5.54 Å². The summed E-state index contributed by atoms with van der Waals surface area (Å²) < 4.78 is 0. The lowest BCUT2D eigenvalue weighted by Crippen LogP contribution is -2.51. The van der Waals surface area contributed by atoms with Gasteiger partial charge in [-0.15, -0.1) is 0 Å². The van der Waals surface area contributed by atoms with E-state index < -0.39 is 0 Å². The molecule has 0 heterocycles. The molecule has 18 heavy (non-hydrogen) atoms. The van der Waals surface area contributed by atoms with Crippen molar-refractivity contribution in [2.24, 2.45) is 0 Å². The van der Waals surface area contributed by atoms with Crippen molar-refractivity contribution in [1.82, 2.24) is 5.32 Å². The fourth-order valence-electron chi connectivity index (χ4n) is 2.52. The van der Waals surface area contributed by atoms with E-state index in [1.165, 1.54) is 25.7 Å². The van der Waals surface area contributed by atoms with Crippen LogP contribution in [0.4, 0.5) is 5.69 Å². The minimum atomic E-state index is -0.359. The van der Waals surface area contributed by atoms with E-state index in [0.717, 1.165) is 18.5 Å². The van der Waals surface area contributed by atoms with Gasteiger partial charge in [0.1, 0.15) is 0 Å². The summed E-state index contributed by atoms with van der Waals surface area (Å²) in [6.45, 7) is 3.18. The minimum Gasteiger partial charge on any atom is -0.311 e. The molecule has 0 amide bonds. The molecule has 0 saturated heterocycles. The second kappa shape index (κ2) is 5.48. The molecule has 98 valence electrons. The van der Waals surface area contributed by atoms with Gasteiger partial charge in [0.2, 0.25) is 0 Å². The molecule has 0 aliphatic heterocycles. The average molecular weight is 248 g/mol. The fraction of sp³-hybridized carbons (Fsp3) is 0.571. The summed E-state index contributed by atoms with van der Waals surface area (Å²) in [5, 5.41) is 14.2. The second-order valence-corrected chi connectivity index (χ2v) is 5.09. The summed E-state index contributed by atoms with van der Waals surface area (Å²) >= 11 is 0. The average Bonchev–Trinajstić information content (AvgIpc) is 2.33. The smallest absolute Gasteiger partial charge is 0.269 e. The number of benzene rings is 1. The normalized spacial score (nSPS) is 17.2. The van der Waals surface area contributed by atoms with Gasteiger partial charge >= 0.3 is 0 Å². The van der Waals surface area contributed by atoms with E-state index >= 15 is 0 Å². The van der Waals surface area contributed by atoms with Crippen LogP contribution in [0.1, 0.15) is 38.2 Å². The topological polar surface area (TPSA) is 55.2 Å². The molecule has 4 nitrogen and oxygen atoms in total. The largest absolute Gasteiger partial charge is 0.311 e. The van der Waals surface area contributed by atoms with Crippen LogP contribution in [0, 0.1) is 10.1 Å². The lowest BCUT2D eigenvalue weighted by Gasteiger charge is -2.42. The van der Waals surface area contributed by atoms with Gasteiger partial charge in [0, 0.05) is 17.7 Å². The molecule has 0 atom stereocenters. The van der Waals surface area contributed by atoms with Crippen LogP contribution < -0.4 is 5.32 Å². The Hall–Kier alpha value is -1.42. The van der Waals surface area contributed by atoms with Gasteiger partial charge in [0.25, 0.3) is 5.69 Å². The molecule has 0 aromatic heterocycles. The highest BCUT2D eigenvalue weighted by Crippen LogP contribution is 2.34. The number of hydrogen-bond acceptors (Lipinski definition) is 3. The predicted molar refractivity (Wildman–Crippen MR) is 71.7 cm³/mol. The van der Waals surface area contributed by atoms with Gasteiger partial charge in [-0.2, -0.15) is 0 Å². The van der Waals surface area contributed by atoms with E-state index in [1.807, 2.05) is 12.1 Å². The maximum absolute atomic E-state index is 10.5. The Labute approximate surface area is 108 Å².